The van der Waals surface area contributed by atoms with Crippen LogP contribution in [-0.4, -0.2) is 18.4 Å². The molecule has 154 valence electrons. The van der Waals surface area contributed by atoms with E-state index in [-0.39, 0.29) is 18.4 Å². The number of rotatable bonds is 6. The summed E-state index contributed by atoms with van der Waals surface area (Å²) in [5, 5.41) is 5.65. The zero-order valence-corrected chi connectivity index (χ0v) is 18.7. The molecule has 2 N–H and O–H groups in total. The standard InChI is InChI=1S/C24H23BrN2O3/c1-15-8-10-19(13-16(15)2)26-24(29)20-6-4-5-7-21(20)27-23(28)14-30-22-11-9-18(25)12-17(22)3/h4-13H,14H2,1-3H3,(H,26,29)(H,27,28). The predicted molar refractivity (Wildman–Crippen MR) is 123 cm³/mol. The summed E-state index contributed by atoms with van der Waals surface area (Å²) in [6.07, 6.45) is 0. The molecule has 0 aromatic heterocycles. The molecular weight excluding hydrogens is 444 g/mol. The Morgan fingerprint density at radius 1 is 0.867 bits per heavy atom. The van der Waals surface area contributed by atoms with Gasteiger partial charge in [-0.3, -0.25) is 9.59 Å². The van der Waals surface area contributed by atoms with Crippen molar-refractivity contribution in [1.29, 1.82) is 0 Å². The topological polar surface area (TPSA) is 67.4 Å². The summed E-state index contributed by atoms with van der Waals surface area (Å²) in [7, 11) is 0. The maximum Gasteiger partial charge on any atom is 0.262 e. The van der Waals surface area contributed by atoms with Crippen LogP contribution >= 0.6 is 15.9 Å². The summed E-state index contributed by atoms with van der Waals surface area (Å²) in [6.45, 7) is 5.76. The molecule has 0 aliphatic heterocycles. The Bertz CT molecular complexity index is 1100. The lowest BCUT2D eigenvalue weighted by molar-refractivity contribution is -0.118. The molecule has 3 aromatic carbocycles. The number of hydrogen-bond acceptors (Lipinski definition) is 3. The van der Waals surface area contributed by atoms with E-state index in [4.69, 9.17) is 4.74 Å². The van der Waals surface area contributed by atoms with Crippen molar-refractivity contribution in [3.8, 4) is 5.75 Å². The van der Waals surface area contributed by atoms with Gasteiger partial charge in [0, 0.05) is 10.2 Å². The number of halogens is 1. The van der Waals surface area contributed by atoms with Gasteiger partial charge in [-0.15, -0.1) is 0 Å². The summed E-state index contributed by atoms with van der Waals surface area (Å²) >= 11 is 3.40. The number of carbonyl (C=O) groups excluding carboxylic acids is 2. The van der Waals surface area contributed by atoms with Gasteiger partial charge in [0.1, 0.15) is 5.75 Å². The van der Waals surface area contributed by atoms with Crippen LogP contribution in [0.3, 0.4) is 0 Å². The van der Waals surface area contributed by atoms with Crippen molar-refractivity contribution in [3.63, 3.8) is 0 Å². The molecule has 3 rings (SSSR count). The molecule has 0 fully saturated rings. The molecule has 0 saturated heterocycles. The lowest BCUT2D eigenvalue weighted by Crippen LogP contribution is -2.23. The maximum absolute atomic E-state index is 12.8. The van der Waals surface area contributed by atoms with Gasteiger partial charge in [-0.1, -0.05) is 34.1 Å². The van der Waals surface area contributed by atoms with Crippen LogP contribution in [0.2, 0.25) is 0 Å². The molecule has 0 atom stereocenters. The van der Waals surface area contributed by atoms with Gasteiger partial charge in [0.25, 0.3) is 11.8 Å². The SMILES string of the molecule is Cc1ccc(NC(=O)c2ccccc2NC(=O)COc2ccc(Br)cc2C)cc1C. The van der Waals surface area contributed by atoms with Crippen molar-refractivity contribution in [2.24, 2.45) is 0 Å². The molecule has 0 unspecified atom stereocenters. The number of benzene rings is 3. The van der Waals surface area contributed by atoms with E-state index in [1.165, 1.54) is 0 Å². The Morgan fingerprint density at radius 3 is 2.37 bits per heavy atom. The Hall–Kier alpha value is -3.12. The smallest absolute Gasteiger partial charge is 0.262 e. The average molecular weight is 467 g/mol. The highest BCUT2D eigenvalue weighted by atomic mass is 79.9. The van der Waals surface area contributed by atoms with E-state index in [0.717, 1.165) is 21.2 Å². The highest BCUT2D eigenvalue weighted by Crippen LogP contribution is 2.23. The van der Waals surface area contributed by atoms with Crippen molar-refractivity contribution in [2.45, 2.75) is 20.8 Å². The minimum Gasteiger partial charge on any atom is -0.483 e. The second-order valence-electron chi connectivity index (χ2n) is 7.05. The Balaban J connectivity index is 1.67. The monoisotopic (exact) mass is 466 g/mol. The summed E-state index contributed by atoms with van der Waals surface area (Å²) in [6, 6.07) is 18.2. The molecule has 0 saturated carbocycles. The van der Waals surface area contributed by atoms with Crippen LogP contribution in [0.15, 0.2) is 65.1 Å². The number of hydrogen-bond donors (Lipinski definition) is 2. The summed E-state index contributed by atoms with van der Waals surface area (Å²) < 4.78 is 6.56. The Labute approximate surface area is 184 Å². The van der Waals surface area contributed by atoms with Crippen LogP contribution in [0, 0.1) is 20.8 Å². The Kier molecular flexibility index (Phi) is 6.90. The van der Waals surface area contributed by atoms with Crippen LogP contribution in [-0.2, 0) is 4.79 Å². The molecule has 6 heteroatoms. The van der Waals surface area contributed by atoms with Crippen molar-refractivity contribution in [2.75, 3.05) is 17.2 Å². The van der Waals surface area contributed by atoms with Gasteiger partial charge in [0.15, 0.2) is 6.61 Å². The third-order valence-electron chi connectivity index (χ3n) is 4.71. The number of carbonyl (C=O) groups is 2. The van der Waals surface area contributed by atoms with E-state index < -0.39 is 0 Å². The first-order valence-electron chi connectivity index (χ1n) is 9.50. The third-order valence-corrected chi connectivity index (χ3v) is 5.20. The van der Waals surface area contributed by atoms with Crippen LogP contribution in [0.25, 0.3) is 0 Å². The van der Waals surface area contributed by atoms with E-state index in [9.17, 15) is 9.59 Å². The predicted octanol–water partition coefficient (Wildman–Crippen LogP) is 5.64. The summed E-state index contributed by atoms with van der Waals surface area (Å²) in [4.78, 5) is 25.2. The molecule has 3 aromatic rings. The summed E-state index contributed by atoms with van der Waals surface area (Å²) in [5.74, 6) is -0.00306. The molecule has 0 aliphatic rings. The fourth-order valence-corrected chi connectivity index (χ4v) is 3.39. The normalized spacial score (nSPS) is 10.4. The average Bonchev–Trinajstić information content (AvgIpc) is 2.70. The van der Waals surface area contributed by atoms with E-state index in [1.54, 1.807) is 30.3 Å². The van der Waals surface area contributed by atoms with Crippen LogP contribution in [0.4, 0.5) is 11.4 Å². The van der Waals surface area contributed by atoms with Crippen LogP contribution < -0.4 is 15.4 Å². The van der Waals surface area contributed by atoms with Crippen molar-refractivity contribution >= 4 is 39.1 Å². The lowest BCUT2D eigenvalue weighted by Gasteiger charge is -2.13. The number of para-hydroxylation sites is 1. The highest BCUT2D eigenvalue weighted by molar-refractivity contribution is 9.10. The number of amides is 2. The first-order chi connectivity index (χ1) is 14.3. The van der Waals surface area contributed by atoms with Crippen LogP contribution in [0.1, 0.15) is 27.0 Å². The molecule has 0 spiro atoms. The molecule has 0 aliphatic carbocycles. The quantitative estimate of drug-likeness (QED) is 0.493. The minimum absolute atomic E-state index is 0.157. The molecule has 0 heterocycles. The van der Waals surface area contributed by atoms with Crippen molar-refractivity contribution in [3.05, 3.63) is 87.4 Å². The van der Waals surface area contributed by atoms with Gasteiger partial charge in [-0.2, -0.15) is 0 Å². The van der Waals surface area contributed by atoms with E-state index in [0.29, 0.717) is 22.7 Å². The number of aryl methyl sites for hydroxylation is 3. The number of ether oxygens (including phenoxy) is 1. The zero-order valence-electron chi connectivity index (χ0n) is 17.1. The molecule has 0 bridgehead atoms. The lowest BCUT2D eigenvalue weighted by atomic mass is 10.1. The second-order valence-corrected chi connectivity index (χ2v) is 7.96. The van der Waals surface area contributed by atoms with Gasteiger partial charge in [-0.05, 0) is 79.9 Å². The molecule has 30 heavy (non-hydrogen) atoms. The van der Waals surface area contributed by atoms with Gasteiger partial charge in [0.2, 0.25) is 0 Å². The van der Waals surface area contributed by atoms with E-state index in [1.807, 2.05) is 51.1 Å². The number of nitrogens with one attached hydrogen (secondary N) is 2. The molecule has 5 nitrogen and oxygen atoms in total. The maximum atomic E-state index is 12.8. The molecule has 2 amide bonds. The Morgan fingerprint density at radius 2 is 1.63 bits per heavy atom. The molecule has 0 radical (unpaired) electrons. The minimum atomic E-state index is -0.344. The highest BCUT2D eigenvalue weighted by Gasteiger charge is 2.14. The van der Waals surface area contributed by atoms with Gasteiger partial charge >= 0.3 is 0 Å². The van der Waals surface area contributed by atoms with Crippen molar-refractivity contribution in [1.82, 2.24) is 0 Å². The van der Waals surface area contributed by atoms with Crippen LogP contribution in [0.5, 0.6) is 5.75 Å². The third kappa shape index (κ3) is 5.48. The fraction of sp³-hybridized carbons (Fsp3) is 0.167. The summed E-state index contributed by atoms with van der Waals surface area (Å²) in [5.41, 5.74) is 4.68. The van der Waals surface area contributed by atoms with Gasteiger partial charge < -0.3 is 15.4 Å². The second kappa shape index (κ2) is 9.59. The van der Waals surface area contributed by atoms with E-state index >= 15 is 0 Å². The van der Waals surface area contributed by atoms with Gasteiger partial charge in [-0.25, -0.2) is 0 Å². The fourth-order valence-electron chi connectivity index (χ4n) is 2.91. The first-order valence-corrected chi connectivity index (χ1v) is 10.3. The number of anilines is 2. The van der Waals surface area contributed by atoms with Gasteiger partial charge in [0.05, 0.1) is 11.3 Å². The molecular formula is C24H23BrN2O3. The zero-order chi connectivity index (χ0) is 21.7. The van der Waals surface area contributed by atoms with E-state index in [2.05, 4.69) is 26.6 Å². The first kappa shape index (κ1) is 21.6. The largest absolute Gasteiger partial charge is 0.483 e. The van der Waals surface area contributed by atoms with Crippen molar-refractivity contribution < 1.29 is 14.3 Å².